The predicted octanol–water partition coefficient (Wildman–Crippen LogP) is 19.5. The summed E-state index contributed by atoms with van der Waals surface area (Å²) in [5, 5.41) is 0. The molecule has 1 unspecified atom stereocenters. The third kappa shape index (κ3) is 55.0. The van der Waals surface area contributed by atoms with E-state index in [0.29, 0.717) is 19.3 Å². The number of rotatable bonds is 51. The second-order valence-electron chi connectivity index (χ2n) is 18.8. The number of hydrogen-bond donors (Lipinski definition) is 0. The van der Waals surface area contributed by atoms with Crippen LogP contribution in [0.1, 0.15) is 258 Å². The van der Waals surface area contributed by atoms with E-state index in [1.807, 2.05) is 0 Å². The average molecular weight is 972 g/mol. The van der Waals surface area contributed by atoms with Gasteiger partial charge < -0.3 is 14.2 Å². The molecule has 0 aromatic heterocycles. The van der Waals surface area contributed by atoms with E-state index in [0.717, 1.165) is 122 Å². The van der Waals surface area contributed by atoms with Crippen molar-refractivity contribution in [2.45, 2.75) is 264 Å². The summed E-state index contributed by atoms with van der Waals surface area (Å²) in [5.41, 5.74) is 0. The van der Waals surface area contributed by atoms with Crippen LogP contribution in [-0.2, 0) is 28.6 Å². The number of esters is 3. The highest BCUT2D eigenvalue weighted by molar-refractivity contribution is 5.71. The lowest BCUT2D eigenvalue weighted by atomic mass is 10.1. The molecule has 398 valence electrons. The van der Waals surface area contributed by atoms with Crippen molar-refractivity contribution in [1.29, 1.82) is 0 Å². The van der Waals surface area contributed by atoms with Crippen molar-refractivity contribution in [3.05, 3.63) is 109 Å². The van der Waals surface area contributed by atoms with Crippen LogP contribution >= 0.6 is 0 Å². The fourth-order valence-corrected chi connectivity index (χ4v) is 7.65. The monoisotopic (exact) mass is 971 g/mol. The van der Waals surface area contributed by atoms with Gasteiger partial charge in [-0.1, -0.05) is 220 Å². The highest BCUT2D eigenvalue weighted by Crippen LogP contribution is 2.14. The van der Waals surface area contributed by atoms with Gasteiger partial charge in [0.2, 0.25) is 0 Å². The topological polar surface area (TPSA) is 78.9 Å². The van der Waals surface area contributed by atoms with Gasteiger partial charge in [0.15, 0.2) is 6.10 Å². The fraction of sp³-hybridized carbons (Fsp3) is 0.672. The van der Waals surface area contributed by atoms with Gasteiger partial charge in [0.25, 0.3) is 0 Å². The third-order valence-corrected chi connectivity index (χ3v) is 12.0. The summed E-state index contributed by atoms with van der Waals surface area (Å²) in [6, 6.07) is 0. The highest BCUT2D eigenvalue weighted by Gasteiger charge is 2.19. The lowest BCUT2D eigenvalue weighted by Gasteiger charge is -2.18. The van der Waals surface area contributed by atoms with Crippen LogP contribution in [0.2, 0.25) is 0 Å². The van der Waals surface area contributed by atoms with Crippen molar-refractivity contribution in [3.63, 3.8) is 0 Å². The number of carbonyl (C=O) groups excluding carboxylic acids is 3. The van der Waals surface area contributed by atoms with Crippen LogP contribution in [0.5, 0.6) is 0 Å². The van der Waals surface area contributed by atoms with Crippen molar-refractivity contribution in [3.8, 4) is 0 Å². The first-order valence-electron chi connectivity index (χ1n) is 28.9. The number of carbonyl (C=O) groups is 3. The molecule has 0 N–H and O–H groups in total. The van der Waals surface area contributed by atoms with Gasteiger partial charge in [-0.2, -0.15) is 0 Å². The Morgan fingerprint density at radius 3 is 0.929 bits per heavy atom. The van der Waals surface area contributed by atoms with E-state index >= 15 is 0 Å². The van der Waals surface area contributed by atoms with Crippen LogP contribution in [0.4, 0.5) is 0 Å². The summed E-state index contributed by atoms with van der Waals surface area (Å²) in [7, 11) is 0. The molecule has 0 amide bonds. The van der Waals surface area contributed by atoms with Crippen LogP contribution in [0.3, 0.4) is 0 Å². The van der Waals surface area contributed by atoms with Gasteiger partial charge in [-0.05, 0) is 128 Å². The number of allylic oxidation sites excluding steroid dienone is 18. The summed E-state index contributed by atoms with van der Waals surface area (Å²) in [5.74, 6) is -0.964. The summed E-state index contributed by atoms with van der Waals surface area (Å²) >= 11 is 0. The summed E-state index contributed by atoms with van der Waals surface area (Å²) < 4.78 is 16.8. The van der Waals surface area contributed by atoms with Gasteiger partial charge in [-0.15, -0.1) is 0 Å². The third-order valence-electron chi connectivity index (χ3n) is 12.0. The molecule has 0 spiro atoms. The maximum atomic E-state index is 12.9. The van der Waals surface area contributed by atoms with Crippen molar-refractivity contribution >= 4 is 17.9 Å². The Morgan fingerprint density at radius 2 is 0.557 bits per heavy atom. The molecule has 6 heteroatoms. The molecule has 0 aliphatic heterocycles. The molecule has 0 fully saturated rings. The minimum absolute atomic E-state index is 0.103. The first-order chi connectivity index (χ1) is 34.5. The largest absolute Gasteiger partial charge is 0.462 e. The van der Waals surface area contributed by atoms with E-state index in [4.69, 9.17) is 14.2 Å². The van der Waals surface area contributed by atoms with E-state index in [1.54, 1.807) is 0 Å². The number of ether oxygens (including phenoxy) is 3. The summed E-state index contributed by atoms with van der Waals surface area (Å²) in [6.45, 7) is 6.43. The smallest absolute Gasteiger partial charge is 0.306 e. The molecular formula is C64H106O6. The summed E-state index contributed by atoms with van der Waals surface area (Å²) in [4.78, 5) is 38.2. The Morgan fingerprint density at radius 1 is 0.300 bits per heavy atom. The Hall–Kier alpha value is -3.93. The number of hydrogen-bond acceptors (Lipinski definition) is 6. The zero-order chi connectivity index (χ0) is 50.7. The van der Waals surface area contributed by atoms with Gasteiger partial charge in [0.1, 0.15) is 13.2 Å². The predicted molar refractivity (Wildman–Crippen MR) is 302 cm³/mol. The zero-order valence-corrected chi connectivity index (χ0v) is 45.5. The SMILES string of the molecule is CC/C=C\C/C=C\C/C=C\C/C=C\CCCCC(=O)OCC(COC(=O)CCCCCCCC/C=C\C/C=C\C/C=C\CCCCC)OC(=O)CCCCCCCCC/C=C\C/C=C\CCCCCC. The van der Waals surface area contributed by atoms with Crippen LogP contribution in [-0.4, -0.2) is 37.2 Å². The molecule has 1 atom stereocenters. The molecule has 0 aromatic rings. The lowest BCUT2D eigenvalue weighted by molar-refractivity contribution is -0.167. The molecule has 70 heavy (non-hydrogen) atoms. The molecule has 0 radical (unpaired) electrons. The number of unbranched alkanes of at least 4 members (excludes halogenated alkanes) is 22. The van der Waals surface area contributed by atoms with Gasteiger partial charge in [-0.3, -0.25) is 14.4 Å². The zero-order valence-electron chi connectivity index (χ0n) is 45.5. The molecule has 0 saturated carbocycles. The molecule has 0 aliphatic rings. The Bertz CT molecular complexity index is 1440. The van der Waals surface area contributed by atoms with Crippen molar-refractivity contribution < 1.29 is 28.6 Å². The summed E-state index contributed by atoms with van der Waals surface area (Å²) in [6.07, 6.45) is 77.9. The van der Waals surface area contributed by atoms with Crippen LogP contribution in [0.25, 0.3) is 0 Å². The average Bonchev–Trinajstić information content (AvgIpc) is 3.36. The van der Waals surface area contributed by atoms with Crippen LogP contribution in [0.15, 0.2) is 109 Å². The van der Waals surface area contributed by atoms with E-state index < -0.39 is 6.10 Å². The van der Waals surface area contributed by atoms with Crippen molar-refractivity contribution in [1.82, 2.24) is 0 Å². The maximum Gasteiger partial charge on any atom is 0.306 e. The highest BCUT2D eigenvalue weighted by atomic mass is 16.6. The van der Waals surface area contributed by atoms with Crippen LogP contribution < -0.4 is 0 Å². The van der Waals surface area contributed by atoms with Crippen LogP contribution in [0, 0.1) is 0 Å². The quantitative estimate of drug-likeness (QED) is 0.0262. The Balaban J connectivity index is 4.49. The fourth-order valence-electron chi connectivity index (χ4n) is 7.65. The molecule has 0 saturated heterocycles. The van der Waals surface area contributed by atoms with Gasteiger partial charge in [0, 0.05) is 19.3 Å². The minimum Gasteiger partial charge on any atom is -0.462 e. The first-order valence-corrected chi connectivity index (χ1v) is 28.9. The molecule has 0 bridgehead atoms. The van der Waals surface area contributed by atoms with Crippen molar-refractivity contribution in [2.75, 3.05) is 13.2 Å². The van der Waals surface area contributed by atoms with Gasteiger partial charge >= 0.3 is 17.9 Å². The van der Waals surface area contributed by atoms with Gasteiger partial charge in [0.05, 0.1) is 0 Å². The second-order valence-corrected chi connectivity index (χ2v) is 18.8. The minimum atomic E-state index is -0.808. The molecule has 0 rings (SSSR count). The normalized spacial score (nSPS) is 12.9. The van der Waals surface area contributed by atoms with E-state index in [9.17, 15) is 14.4 Å². The molecule has 0 aliphatic carbocycles. The van der Waals surface area contributed by atoms with E-state index in [-0.39, 0.29) is 31.1 Å². The first kappa shape index (κ1) is 66.1. The standard InChI is InChI=1S/C64H106O6/c1-4-7-10-13-16-19-22-25-28-30-32-34-36-39-42-45-48-51-54-57-63(66)69-60-61(59-68-62(65)56-53-50-47-44-41-38-35-27-24-21-18-15-12-9-6-3)70-64(67)58-55-52-49-46-43-40-37-33-31-29-26-23-20-17-14-11-8-5-2/h9,12,16,18-21,23,25,27-29,31-32,34-35,41,44,61H,4-8,10-11,13-15,17,22,24,26,30,33,36-40,42-43,45-60H2,1-3H3/b12-9-,19-16-,21-18-,23-20-,28-25-,31-29-,34-32-,35-27-,44-41-. The Labute approximate surface area is 431 Å². The van der Waals surface area contributed by atoms with Crippen molar-refractivity contribution in [2.24, 2.45) is 0 Å². The van der Waals surface area contributed by atoms with E-state index in [1.165, 1.54) is 96.3 Å². The van der Waals surface area contributed by atoms with Gasteiger partial charge in [-0.25, -0.2) is 0 Å². The molecule has 0 aromatic carbocycles. The maximum absolute atomic E-state index is 12.9. The molecule has 0 heterocycles. The van der Waals surface area contributed by atoms with E-state index in [2.05, 4.69) is 130 Å². The Kier molecular flexibility index (Phi) is 54.4. The molecule has 6 nitrogen and oxygen atoms in total. The molecular weight excluding hydrogens is 865 g/mol. The lowest BCUT2D eigenvalue weighted by Crippen LogP contribution is -2.30. The second kappa shape index (κ2) is 57.6.